The van der Waals surface area contributed by atoms with E-state index in [2.05, 4.69) is 5.32 Å². The molecule has 0 bridgehead atoms. The van der Waals surface area contributed by atoms with E-state index in [4.69, 9.17) is 10.00 Å². The Labute approximate surface area is 90.0 Å². The van der Waals surface area contributed by atoms with E-state index in [-0.39, 0.29) is 5.91 Å². The van der Waals surface area contributed by atoms with E-state index in [1.54, 1.807) is 0 Å². The second-order valence-electron chi connectivity index (χ2n) is 3.62. The van der Waals surface area contributed by atoms with Crippen molar-refractivity contribution in [3.05, 3.63) is 0 Å². The molecule has 2 N–H and O–H groups in total. The third-order valence-electron chi connectivity index (χ3n) is 2.46. The number of ether oxygens (including phenoxy) is 1. The predicted molar refractivity (Wildman–Crippen MR) is 54.2 cm³/mol. The molecule has 1 aliphatic rings. The molecule has 0 aromatic heterocycles. The van der Waals surface area contributed by atoms with Gasteiger partial charge in [-0.15, -0.1) is 0 Å². The summed E-state index contributed by atoms with van der Waals surface area (Å²) in [5, 5.41) is 11.0. The second kappa shape index (κ2) is 7.21. The van der Waals surface area contributed by atoms with Crippen molar-refractivity contribution in [3.8, 4) is 6.07 Å². The van der Waals surface area contributed by atoms with Crippen LogP contribution in [0.25, 0.3) is 0 Å². The zero-order chi connectivity index (χ0) is 10.9. The molecule has 0 spiro atoms. The minimum absolute atomic E-state index is 0.0456. The number of carbonyl (C=O) groups is 1. The fourth-order valence-corrected chi connectivity index (χ4v) is 1.55. The highest BCUT2D eigenvalue weighted by Gasteiger charge is 2.14. The average molecular weight is 212 g/mol. The Balaban J connectivity index is 2.03. The SMILES string of the molecule is N#CCCNC(=O)CC[NH+]1CCOCC1. The molecule has 0 saturated carbocycles. The van der Waals surface area contributed by atoms with Gasteiger partial charge in [0.1, 0.15) is 13.1 Å². The van der Waals surface area contributed by atoms with Gasteiger partial charge in [-0.05, 0) is 0 Å². The molecule has 1 aliphatic heterocycles. The zero-order valence-electron chi connectivity index (χ0n) is 8.92. The van der Waals surface area contributed by atoms with Crippen LogP contribution in [-0.2, 0) is 9.53 Å². The fourth-order valence-electron chi connectivity index (χ4n) is 1.55. The zero-order valence-corrected chi connectivity index (χ0v) is 8.92. The van der Waals surface area contributed by atoms with Crippen molar-refractivity contribution in [2.24, 2.45) is 0 Å². The summed E-state index contributed by atoms with van der Waals surface area (Å²) < 4.78 is 5.23. The summed E-state index contributed by atoms with van der Waals surface area (Å²) in [5.74, 6) is 0.0456. The van der Waals surface area contributed by atoms with Gasteiger partial charge in [0, 0.05) is 6.54 Å². The minimum atomic E-state index is 0.0456. The molecular weight excluding hydrogens is 194 g/mol. The van der Waals surface area contributed by atoms with Gasteiger partial charge in [-0.3, -0.25) is 4.79 Å². The minimum Gasteiger partial charge on any atom is -0.370 e. The normalized spacial score (nSPS) is 17.0. The third kappa shape index (κ3) is 5.35. The number of nitrogens with one attached hydrogen (secondary N) is 2. The van der Waals surface area contributed by atoms with Crippen LogP contribution in [0.3, 0.4) is 0 Å². The maximum absolute atomic E-state index is 11.3. The van der Waals surface area contributed by atoms with E-state index in [0.29, 0.717) is 19.4 Å². The van der Waals surface area contributed by atoms with E-state index in [1.807, 2.05) is 6.07 Å². The lowest BCUT2D eigenvalue weighted by Gasteiger charge is -2.23. The third-order valence-corrected chi connectivity index (χ3v) is 2.46. The molecule has 0 radical (unpaired) electrons. The van der Waals surface area contributed by atoms with Gasteiger partial charge < -0.3 is 15.0 Å². The lowest BCUT2D eigenvalue weighted by Crippen LogP contribution is -3.14. The number of hydrogen-bond donors (Lipinski definition) is 2. The van der Waals surface area contributed by atoms with Crippen LogP contribution in [0.4, 0.5) is 0 Å². The molecule has 0 aromatic carbocycles. The first-order chi connectivity index (χ1) is 7.33. The Hall–Kier alpha value is -1.12. The summed E-state index contributed by atoms with van der Waals surface area (Å²) in [4.78, 5) is 12.7. The molecule has 5 nitrogen and oxygen atoms in total. The Kier molecular flexibility index (Phi) is 5.74. The number of morpholine rings is 1. The molecule has 5 heteroatoms. The highest BCUT2D eigenvalue weighted by molar-refractivity contribution is 5.75. The molecule has 84 valence electrons. The summed E-state index contributed by atoms with van der Waals surface area (Å²) in [5.41, 5.74) is 0. The molecule has 0 unspecified atom stereocenters. The highest BCUT2D eigenvalue weighted by Crippen LogP contribution is 1.80. The Morgan fingerprint density at radius 1 is 1.47 bits per heavy atom. The smallest absolute Gasteiger partial charge is 0.225 e. The number of nitrogens with zero attached hydrogens (tertiary/aromatic N) is 1. The first-order valence-corrected chi connectivity index (χ1v) is 5.38. The molecule has 0 atom stereocenters. The van der Waals surface area contributed by atoms with Crippen molar-refractivity contribution in [2.45, 2.75) is 12.8 Å². The lowest BCUT2D eigenvalue weighted by molar-refractivity contribution is -0.907. The van der Waals surface area contributed by atoms with Crippen LogP contribution in [0.1, 0.15) is 12.8 Å². The molecule has 1 rings (SSSR count). The Morgan fingerprint density at radius 3 is 2.87 bits per heavy atom. The molecule has 1 fully saturated rings. The van der Waals surface area contributed by atoms with Gasteiger partial charge in [-0.1, -0.05) is 0 Å². The summed E-state index contributed by atoms with van der Waals surface area (Å²) >= 11 is 0. The number of hydrogen-bond acceptors (Lipinski definition) is 3. The number of amides is 1. The quantitative estimate of drug-likeness (QED) is 0.535. The summed E-state index contributed by atoms with van der Waals surface area (Å²) in [6, 6.07) is 1.99. The summed E-state index contributed by atoms with van der Waals surface area (Å²) in [6.45, 7) is 4.91. The van der Waals surface area contributed by atoms with Crippen molar-refractivity contribution in [3.63, 3.8) is 0 Å². The van der Waals surface area contributed by atoms with Crippen LogP contribution >= 0.6 is 0 Å². The Bertz CT molecular complexity index is 231. The van der Waals surface area contributed by atoms with Crippen molar-refractivity contribution in [2.75, 3.05) is 39.4 Å². The van der Waals surface area contributed by atoms with Crippen LogP contribution < -0.4 is 10.2 Å². The average Bonchev–Trinajstić information content (AvgIpc) is 2.28. The van der Waals surface area contributed by atoms with Gasteiger partial charge in [0.15, 0.2) is 0 Å². The van der Waals surface area contributed by atoms with Crippen molar-refractivity contribution >= 4 is 5.91 Å². The van der Waals surface area contributed by atoms with Gasteiger partial charge in [0.25, 0.3) is 0 Å². The first-order valence-electron chi connectivity index (χ1n) is 5.38. The molecule has 0 aromatic rings. The molecule has 0 aliphatic carbocycles. The van der Waals surface area contributed by atoms with E-state index >= 15 is 0 Å². The van der Waals surface area contributed by atoms with E-state index in [9.17, 15) is 4.79 Å². The second-order valence-corrected chi connectivity index (χ2v) is 3.62. The molecular formula is C10H18N3O2+. The first kappa shape index (κ1) is 12.0. The molecule has 1 amide bonds. The van der Waals surface area contributed by atoms with Crippen LogP contribution in [-0.4, -0.2) is 45.3 Å². The highest BCUT2D eigenvalue weighted by atomic mass is 16.5. The standard InChI is InChI=1S/C10H17N3O2/c11-3-1-4-12-10(14)2-5-13-6-8-15-9-7-13/h1-2,4-9H2,(H,12,14)/p+1. The summed E-state index contributed by atoms with van der Waals surface area (Å²) in [7, 11) is 0. The monoisotopic (exact) mass is 212 g/mol. The molecule has 15 heavy (non-hydrogen) atoms. The van der Waals surface area contributed by atoms with Crippen molar-refractivity contribution < 1.29 is 14.4 Å². The topological polar surface area (TPSA) is 66.6 Å². The van der Waals surface area contributed by atoms with Crippen molar-refractivity contribution in [1.29, 1.82) is 5.26 Å². The van der Waals surface area contributed by atoms with E-state index in [1.165, 1.54) is 4.90 Å². The fraction of sp³-hybridized carbons (Fsp3) is 0.800. The van der Waals surface area contributed by atoms with Gasteiger partial charge in [-0.25, -0.2) is 0 Å². The molecule has 1 heterocycles. The Morgan fingerprint density at radius 2 is 2.20 bits per heavy atom. The maximum Gasteiger partial charge on any atom is 0.225 e. The number of carbonyl (C=O) groups excluding carboxylic acids is 1. The predicted octanol–water partition coefficient (Wildman–Crippen LogP) is -1.68. The number of nitriles is 1. The maximum atomic E-state index is 11.3. The number of rotatable bonds is 5. The van der Waals surface area contributed by atoms with Gasteiger partial charge in [0.05, 0.1) is 38.7 Å². The summed E-state index contributed by atoms with van der Waals surface area (Å²) in [6.07, 6.45) is 0.927. The van der Waals surface area contributed by atoms with Crippen molar-refractivity contribution in [1.82, 2.24) is 5.32 Å². The largest absolute Gasteiger partial charge is 0.370 e. The lowest BCUT2D eigenvalue weighted by atomic mass is 10.3. The van der Waals surface area contributed by atoms with Gasteiger partial charge in [0.2, 0.25) is 5.91 Å². The van der Waals surface area contributed by atoms with Crippen LogP contribution in [0, 0.1) is 11.3 Å². The van der Waals surface area contributed by atoms with Crippen LogP contribution in [0.2, 0.25) is 0 Å². The van der Waals surface area contributed by atoms with Crippen LogP contribution in [0.15, 0.2) is 0 Å². The number of quaternary nitrogens is 1. The van der Waals surface area contributed by atoms with Gasteiger partial charge >= 0.3 is 0 Å². The van der Waals surface area contributed by atoms with Crippen LogP contribution in [0.5, 0.6) is 0 Å². The molecule has 1 saturated heterocycles. The van der Waals surface area contributed by atoms with E-state index in [0.717, 1.165) is 32.8 Å². The van der Waals surface area contributed by atoms with Gasteiger partial charge in [-0.2, -0.15) is 5.26 Å². The van der Waals surface area contributed by atoms with E-state index < -0.39 is 0 Å².